The van der Waals surface area contributed by atoms with Gasteiger partial charge in [0.05, 0.1) is 0 Å². The van der Waals surface area contributed by atoms with Crippen molar-refractivity contribution in [3.63, 3.8) is 0 Å². The van der Waals surface area contributed by atoms with E-state index in [0.717, 1.165) is 19.6 Å². The molecule has 0 bridgehead atoms. The molecule has 1 saturated heterocycles. The molecule has 1 unspecified atom stereocenters. The van der Waals surface area contributed by atoms with Crippen LogP contribution in [0.15, 0.2) is 24.3 Å². The SMILES string of the molecule is CCCNC(C)c1ccccc1N1CCN(C(C)C)CC1. The second kappa shape index (κ2) is 7.81. The molecule has 1 aliphatic rings. The maximum Gasteiger partial charge on any atom is 0.0415 e. The molecule has 1 N–H and O–H groups in total. The van der Waals surface area contributed by atoms with E-state index in [-0.39, 0.29) is 0 Å². The lowest BCUT2D eigenvalue weighted by molar-refractivity contribution is 0.209. The van der Waals surface area contributed by atoms with E-state index in [0.29, 0.717) is 12.1 Å². The summed E-state index contributed by atoms with van der Waals surface area (Å²) in [5.74, 6) is 0. The molecule has 3 heteroatoms. The lowest BCUT2D eigenvalue weighted by atomic mass is 10.0. The second-order valence-electron chi connectivity index (χ2n) is 6.35. The van der Waals surface area contributed by atoms with Crippen LogP contribution in [0.1, 0.15) is 45.7 Å². The topological polar surface area (TPSA) is 18.5 Å². The first-order chi connectivity index (χ1) is 10.1. The molecule has 0 radical (unpaired) electrons. The number of nitrogens with zero attached hydrogens (tertiary/aromatic N) is 2. The number of hydrogen-bond donors (Lipinski definition) is 1. The van der Waals surface area contributed by atoms with Crippen LogP contribution >= 0.6 is 0 Å². The molecule has 1 atom stereocenters. The number of piperazine rings is 1. The monoisotopic (exact) mass is 289 g/mol. The molecule has 0 aliphatic carbocycles. The zero-order valence-corrected chi connectivity index (χ0v) is 14.1. The summed E-state index contributed by atoms with van der Waals surface area (Å²) in [4.78, 5) is 5.12. The lowest BCUT2D eigenvalue weighted by Crippen LogP contribution is -2.49. The van der Waals surface area contributed by atoms with Gasteiger partial charge in [-0.25, -0.2) is 0 Å². The maximum absolute atomic E-state index is 3.62. The van der Waals surface area contributed by atoms with E-state index in [2.05, 4.69) is 67.1 Å². The Morgan fingerprint density at radius 2 is 1.71 bits per heavy atom. The molecule has 1 fully saturated rings. The molecule has 2 rings (SSSR count). The van der Waals surface area contributed by atoms with Gasteiger partial charge in [0.1, 0.15) is 0 Å². The molecule has 21 heavy (non-hydrogen) atoms. The average molecular weight is 289 g/mol. The Hall–Kier alpha value is -1.06. The Morgan fingerprint density at radius 1 is 1.05 bits per heavy atom. The van der Waals surface area contributed by atoms with E-state index in [1.807, 2.05) is 0 Å². The number of benzene rings is 1. The van der Waals surface area contributed by atoms with Crippen molar-refractivity contribution in [2.24, 2.45) is 0 Å². The molecule has 0 spiro atoms. The van der Waals surface area contributed by atoms with Gasteiger partial charge in [-0.3, -0.25) is 4.90 Å². The first-order valence-electron chi connectivity index (χ1n) is 8.44. The maximum atomic E-state index is 3.62. The van der Waals surface area contributed by atoms with E-state index >= 15 is 0 Å². The highest BCUT2D eigenvalue weighted by Gasteiger charge is 2.21. The molecule has 1 heterocycles. The van der Waals surface area contributed by atoms with E-state index in [9.17, 15) is 0 Å². The first-order valence-corrected chi connectivity index (χ1v) is 8.44. The van der Waals surface area contributed by atoms with Crippen LogP contribution in [0.4, 0.5) is 5.69 Å². The Morgan fingerprint density at radius 3 is 2.33 bits per heavy atom. The van der Waals surface area contributed by atoms with Crippen molar-refractivity contribution in [1.29, 1.82) is 0 Å². The van der Waals surface area contributed by atoms with E-state index in [1.165, 1.54) is 30.8 Å². The van der Waals surface area contributed by atoms with Crippen molar-refractivity contribution in [2.75, 3.05) is 37.6 Å². The summed E-state index contributed by atoms with van der Waals surface area (Å²) in [6.45, 7) is 14.8. The third kappa shape index (κ3) is 4.21. The summed E-state index contributed by atoms with van der Waals surface area (Å²) in [7, 11) is 0. The molecule has 0 amide bonds. The number of hydrogen-bond acceptors (Lipinski definition) is 3. The van der Waals surface area contributed by atoms with Gasteiger partial charge in [-0.15, -0.1) is 0 Å². The Kier molecular flexibility index (Phi) is 6.07. The minimum absolute atomic E-state index is 0.421. The van der Waals surface area contributed by atoms with Crippen LogP contribution in [-0.4, -0.2) is 43.7 Å². The van der Waals surface area contributed by atoms with Crippen molar-refractivity contribution in [2.45, 2.75) is 46.2 Å². The molecule has 0 aromatic heterocycles. The number of anilines is 1. The van der Waals surface area contributed by atoms with Gasteiger partial charge >= 0.3 is 0 Å². The summed E-state index contributed by atoms with van der Waals surface area (Å²) >= 11 is 0. The Labute approximate surface area is 130 Å². The van der Waals surface area contributed by atoms with Crippen LogP contribution in [-0.2, 0) is 0 Å². The standard InChI is InChI=1S/C18H31N3/c1-5-10-19-16(4)17-8-6-7-9-18(17)21-13-11-20(12-14-21)15(2)3/h6-9,15-16,19H,5,10-14H2,1-4H3. The quantitative estimate of drug-likeness (QED) is 0.867. The molecule has 3 nitrogen and oxygen atoms in total. The van der Waals surface area contributed by atoms with E-state index in [1.54, 1.807) is 0 Å². The molecule has 0 saturated carbocycles. The molecular weight excluding hydrogens is 258 g/mol. The highest BCUT2D eigenvalue weighted by atomic mass is 15.3. The highest BCUT2D eigenvalue weighted by molar-refractivity contribution is 5.55. The minimum Gasteiger partial charge on any atom is -0.369 e. The third-order valence-electron chi connectivity index (χ3n) is 4.49. The summed E-state index contributed by atoms with van der Waals surface area (Å²) in [5, 5.41) is 3.62. The van der Waals surface area contributed by atoms with Gasteiger partial charge in [0, 0.05) is 44.0 Å². The number of nitrogens with one attached hydrogen (secondary N) is 1. The molecule has 118 valence electrons. The Balaban J connectivity index is 2.06. The van der Waals surface area contributed by atoms with Crippen LogP contribution in [0.5, 0.6) is 0 Å². The van der Waals surface area contributed by atoms with Crippen LogP contribution in [0, 0.1) is 0 Å². The highest BCUT2D eigenvalue weighted by Crippen LogP contribution is 2.27. The summed E-state index contributed by atoms with van der Waals surface area (Å²) in [6, 6.07) is 9.96. The van der Waals surface area contributed by atoms with Crippen molar-refractivity contribution < 1.29 is 0 Å². The van der Waals surface area contributed by atoms with Crippen LogP contribution < -0.4 is 10.2 Å². The van der Waals surface area contributed by atoms with Gasteiger partial charge in [0.2, 0.25) is 0 Å². The van der Waals surface area contributed by atoms with Gasteiger partial charge in [0.25, 0.3) is 0 Å². The number of rotatable bonds is 6. The fourth-order valence-electron chi connectivity index (χ4n) is 3.09. The summed E-state index contributed by atoms with van der Waals surface area (Å²) < 4.78 is 0. The zero-order chi connectivity index (χ0) is 15.2. The first kappa shape index (κ1) is 16.3. The van der Waals surface area contributed by atoms with Crippen LogP contribution in [0.2, 0.25) is 0 Å². The smallest absolute Gasteiger partial charge is 0.0415 e. The van der Waals surface area contributed by atoms with Crippen molar-refractivity contribution in [1.82, 2.24) is 10.2 Å². The predicted octanol–water partition coefficient (Wildman–Crippen LogP) is 3.28. The van der Waals surface area contributed by atoms with Gasteiger partial charge in [-0.1, -0.05) is 25.1 Å². The normalized spacial score (nSPS) is 18.2. The zero-order valence-electron chi connectivity index (χ0n) is 14.1. The van der Waals surface area contributed by atoms with Gasteiger partial charge in [-0.05, 0) is 45.4 Å². The van der Waals surface area contributed by atoms with E-state index < -0.39 is 0 Å². The minimum atomic E-state index is 0.421. The largest absolute Gasteiger partial charge is 0.369 e. The molecular formula is C18H31N3. The average Bonchev–Trinajstić information content (AvgIpc) is 2.52. The third-order valence-corrected chi connectivity index (χ3v) is 4.49. The fourth-order valence-corrected chi connectivity index (χ4v) is 3.09. The van der Waals surface area contributed by atoms with Gasteiger partial charge in [0.15, 0.2) is 0 Å². The van der Waals surface area contributed by atoms with Crippen LogP contribution in [0.25, 0.3) is 0 Å². The summed E-state index contributed by atoms with van der Waals surface area (Å²) in [5.41, 5.74) is 2.85. The van der Waals surface area contributed by atoms with Crippen molar-refractivity contribution in [3.05, 3.63) is 29.8 Å². The van der Waals surface area contributed by atoms with Gasteiger partial charge in [-0.2, -0.15) is 0 Å². The van der Waals surface area contributed by atoms with Crippen LogP contribution in [0.3, 0.4) is 0 Å². The molecule has 1 aromatic rings. The second-order valence-corrected chi connectivity index (χ2v) is 6.35. The van der Waals surface area contributed by atoms with Crippen molar-refractivity contribution in [3.8, 4) is 0 Å². The molecule has 1 aliphatic heterocycles. The van der Waals surface area contributed by atoms with E-state index in [4.69, 9.17) is 0 Å². The van der Waals surface area contributed by atoms with Gasteiger partial charge < -0.3 is 10.2 Å². The fraction of sp³-hybridized carbons (Fsp3) is 0.667. The number of para-hydroxylation sites is 1. The molecule has 1 aromatic carbocycles. The predicted molar refractivity (Wildman–Crippen MR) is 92.1 cm³/mol. The summed E-state index contributed by atoms with van der Waals surface area (Å²) in [6.07, 6.45) is 1.18. The Bertz CT molecular complexity index is 422. The lowest BCUT2D eigenvalue weighted by Gasteiger charge is -2.39. The van der Waals surface area contributed by atoms with Crippen molar-refractivity contribution >= 4 is 5.69 Å².